The number of esters is 1. The van der Waals surface area contributed by atoms with E-state index in [1.165, 1.54) is 4.90 Å². The Morgan fingerprint density at radius 1 is 1.11 bits per heavy atom. The monoisotopic (exact) mass is 380 g/mol. The highest BCUT2D eigenvalue weighted by molar-refractivity contribution is 5.98. The van der Waals surface area contributed by atoms with E-state index in [1.54, 1.807) is 26.1 Å². The quantitative estimate of drug-likeness (QED) is 0.723. The lowest BCUT2D eigenvalue weighted by Crippen LogP contribution is -2.37. The predicted octanol–water partition coefficient (Wildman–Crippen LogP) is 3.02. The van der Waals surface area contributed by atoms with Crippen LogP contribution in [0.25, 0.3) is 0 Å². The molecule has 3 rings (SSSR count). The fourth-order valence-corrected chi connectivity index (χ4v) is 3.17. The van der Waals surface area contributed by atoms with Gasteiger partial charge in [0.25, 0.3) is 5.91 Å². The summed E-state index contributed by atoms with van der Waals surface area (Å²) in [5.41, 5.74) is 2.06. The van der Waals surface area contributed by atoms with Gasteiger partial charge < -0.3 is 14.5 Å². The van der Waals surface area contributed by atoms with Crippen molar-refractivity contribution in [2.75, 3.05) is 18.5 Å². The number of hydrogen-bond donors (Lipinski definition) is 0. The number of likely N-dealkylation sites (tertiary alicyclic amines) is 1. The van der Waals surface area contributed by atoms with Gasteiger partial charge in [-0.25, -0.2) is 4.79 Å². The molecule has 0 aromatic heterocycles. The molecule has 1 atom stereocenters. The fourth-order valence-electron chi connectivity index (χ4n) is 3.17. The van der Waals surface area contributed by atoms with Crippen molar-refractivity contribution in [1.82, 2.24) is 4.90 Å². The van der Waals surface area contributed by atoms with Crippen LogP contribution < -0.4 is 4.90 Å². The summed E-state index contributed by atoms with van der Waals surface area (Å²) in [4.78, 5) is 39.9. The van der Waals surface area contributed by atoms with Gasteiger partial charge in [0.15, 0.2) is 6.10 Å². The first-order chi connectivity index (χ1) is 13.5. The fraction of sp³-hybridized carbons (Fsp3) is 0.318. The van der Waals surface area contributed by atoms with Crippen LogP contribution in [0.15, 0.2) is 54.6 Å². The molecule has 0 aliphatic carbocycles. The number of hydrogen-bond acceptors (Lipinski definition) is 4. The molecule has 0 bridgehead atoms. The Bertz CT molecular complexity index is 849. The van der Waals surface area contributed by atoms with Gasteiger partial charge in [-0.3, -0.25) is 9.59 Å². The third-order valence-electron chi connectivity index (χ3n) is 4.84. The molecule has 1 heterocycles. The molecule has 146 valence electrons. The SMILES string of the molecule is C[C@@H](OC(=O)c1ccc(CN2CCCC2=O)cc1)C(=O)N(C)c1ccccc1. The number of amides is 2. The highest BCUT2D eigenvalue weighted by Crippen LogP contribution is 2.16. The zero-order chi connectivity index (χ0) is 20.1. The summed E-state index contributed by atoms with van der Waals surface area (Å²) in [7, 11) is 1.65. The minimum Gasteiger partial charge on any atom is -0.449 e. The standard InChI is InChI=1S/C22H24N2O4/c1-16(21(26)23(2)19-7-4-3-5-8-19)28-22(27)18-12-10-17(11-13-18)15-24-14-6-9-20(24)25/h3-5,7-8,10-13,16H,6,9,14-15H2,1-2H3/t16-/m1/s1. The molecule has 1 fully saturated rings. The van der Waals surface area contributed by atoms with Crippen molar-refractivity contribution in [2.45, 2.75) is 32.4 Å². The van der Waals surface area contributed by atoms with Crippen molar-refractivity contribution < 1.29 is 19.1 Å². The number of para-hydroxylation sites is 1. The molecule has 28 heavy (non-hydrogen) atoms. The second-order valence-electron chi connectivity index (χ2n) is 6.90. The van der Waals surface area contributed by atoms with E-state index in [1.807, 2.05) is 47.4 Å². The van der Waals surface area contributed by atoms with Crippen LogP contribution in [0.4, 0.5) is 5.69 Å². The van der Waals surface area contributed by atoms with E-state index in [0.29, 0.717) is 18.5 Å². The molecule has 0 spiro atoms. The highest BCUT2D eigenvalue weighted by atomic mass is 16.5. The van der Waals surface area contributed by atoms with Crippen LogP contribution in [0.5, 0.6) is 0 Å². The summed E-state index contributed by atoms with van der Waals surface area (Å²) in [5.74, 6) is -0.687. The van der Waals surface area contributed by atoms with Crippen LogP contribution in [0, 0.1) is 0 Å². The molecular weight excluding hydrogens is 356 g/mol. The summed E-state index contributed by atoms with van der Waals surface area (Å²) >= 11 is 0. The maximum absolute atomic E-state index is 12.5. The molecule has 1 saturated heterocycles. The average molecular weight is 380 g/mol. The molecule has 6 nitrogen and oxygen atoms in total. The minimum absolute atomic E-state index is 0.165. The summed E-state index contributed by atoms with van der Waals surface area (Å²) in [5, 5.41) is 0. The van der Waals surface area contributed by atoms with E-state index < -0.39 is 12.1 Å². The van der Waals surface area contributed by atoms with Crippen LogP contribution in [0.3, 0.4) is 0 Å². The number of anilines is 1. The second-order valence-corrected chi connectivity index (χ2v) is 6.90. The van der Waals surface area contributed by atoms with E-state index in [-0.39, 0.29) is 11.8 Å². The van der Waals surface area contributed by atoms with Gasteiger partial charge in [-0.1, -0.05) is 30.3 Å². The molecule has 0 radical (unpaired) electrons. The Morgan fingerprint density at radius 3 is 2.39 bits per heavy atom. The van der Waals surface area contributed by atoms with Gasteiger partial charge in [-0.05, 0) is 43.2 Å². The molecule has 1 aliphatic heterocycles. The molecule has 6 heteroatoms. The van der Waals surface area contributed by atoms with Crippen molar-refractivity contribution in [3.05, 3.63) is 65.7 Å². The summed E-state index contributed by atoms with van der Waals surface area (Å²) in [6.07, 6.45) is 0.597. The van der Waals surface area contributed by atoms with Gasteiger partial charge in [0.1, 0.15) is 0 Å². The molecule has 0 unspecified atom stereocenters. The third kappa shape index (κ3) is 4.57. The maximum atomic E-state index is 12.5. The number of benzene rings is 2. The first-order valence-electron chi connectivity index (χ1n) is 9.36. The first kappa shape index (κ1) is 19.6. The average Bonchev–Trinajstić information content (AvgIpc) is 3.12. The lowest BCUT2D eigenvalue weighted by Gasteiger charge is -2.21. The zero-order valence-corrected chi connectivity index (χ0v) is 16.1. The van der Waals surface area contributed by atoms with Crippen molar-refractivity contribution in [2.24, 2.45) is 0 Å². The molecule has 2 aromatic carbocycles. The van der Waals surface area contributed by atoms with Gasteiger partial charge in [0.2, 0.25) is 5.91 Å². The molecule has 2 aromatic rings. The van der Waals surface area contributed by atoms with Crippen molar-refractivity contribution >= 4 is 23.5 Å². The smallest absolute Gasteiger partial charge is 0.338 e. The van der Waals surface area contributed by atoms with Gasteiger partial charge in [0.05, 0.1) is 5.56 Å². The largest absolute Gasteiger partial charge is 0.449 e. The van der Waals surface area contributed by atoms with Gasteiger partial charge >= 0.3 is 5.97 Å². The Kier molecular flexibility index (Phi) is 6.09. The molecule has 1 aliphatic rings. The number of ether oxygens (including phenoxy) is 1. The van der Waals surface area contributed by atoms with Crippen LogP contribution in [-0.4, -0.2) is 42.4 Å². The van der Waals surface area contributed by atoms with E-state index >= 15 is 0 Å². The third-order valence-corrected chi connectivity index (χ3v) is 4.84. The molecule has 2 amide bonds. The van der Waals surface area contributed by atoms with Gasteiger partial charge in [-0.15, -0.1) is 0 Å². The number of carbonyl (C=O) groups excluding carboxylic acids is 3. The summed E-state index contributed by atoms with van der Waals surface area (Å²) in [6, 6.07) is 16.1. The van der Waals surface area contributed by atoms with Crippen LogP contribution in [-0.2, 0) is 20.9 Å². The first-order valence-corrected chi connectivity index (χ1v) is 9.36. The lowest BCUT2D eigenvalue weighted by molar-refractivity contribution is -0.128. The van der Waals surface area contributed by atoms with Gasteiger partial charge in [0, 0.05) is 32.2 Å². The molecular formula is C22H24N2O4. The molecule has 0 saturated carbocycles. The Hall–Kier alpha value is -3.15. The van der Waals surface area contributed by atoms with Crippen molar-refractivity contribution in [1.29, 1.82) is 0 Å². The van der Waals surface area contributed by atoms with E-state index in [2.05, 4.69) is 0 Å². The maximum Gasteiger partial charge on any atom is 0.338 e. The van der Waals surface area contributed by atoms with Crippen LogP contribution in [0.2, 0.25) is 0 Å². The highest BCUT2D eigenvalue weighted by Gasteiger charge is 2.23. The normalized spacial score (nSPS) is 14.6. The Balaban J connectivity index is 1.57. The van der Waals surface area contributed by atoms with Gasteiger partial charge in [-0.2, -0.15) is 0 Å². The lowest BCUT2D eigenvalue weighted by atomic mass is 10.1. The number of carbonyl (C=O) groups is 3. The van der Waals surface area contributed by atoms with Crippen LogP contribution in [0.1, 0.15) is 35.7 Å². The predicted molar refractivity (Wildman–Crippen MR) is 106 cm³/mol. The number of likely N-dealkylation sites (N-methyl/N-ethyl adjacent to an activating group) is 1. The Morgan fingerprint density at radius 2 is 1.79 bits per heavy atom. The number of rotatable bonds is 6. The summed E-state index contributed by atoms with van der Waals surface area (Å²) < 4.78 is 5.34. The second kappa shape index (κ2) is 8.69. The van der Waals surface area contributed by atoms with Crippen molar-refractivity contribution in [3.8, 4) is 0 Å². The van der Waals surface area contributed by atoms with Crippen molar-refractivity contribution in [3.63, 3.8) is 0 Å². The van der Waals surface area contributed by atoms with E-state index in [0.717, 1.165) is 24.2 Å². The number of nitrogens with zero attached hydrogens (tertiary/aromatic N) is 2. The topological polar surface area (TPSA) is 66.9 Å². The minimum atomic E-state index is -0.903. The molecule has 0 N–H and O–H groups in total. The zero-order valence-electron chi connectivity index (χ0n) is 16.1. The Labute approximate surface area is 164 Å². The summed E-state index contributed by atoms with van der Waals surface area (Å²) in [6.45, 7) is 2.88. The van der Waals surface area contributed by atoms with E-state index in [4.69, 9.17) is 4.74 Å². The van der Waals surface area contributed by atoms with E-state index in [9.17, 15) is 14.4 Å². The van der Waals surface area contributed by atoms with Crippen LogP contribution >= 0.6 is 0 Å².